The highest BCUT2D eigenvalue weighted by Crippen LogP contribution is 2.38. The number of likely N-dealkylation sites (tertiary alicyclic amines) is 1. The van der Waals surface area contributed by atoms with Crippen molar-refractivity contribution in [3.8, 4) is 17.3 Å². The fraction of sp³-hybridized carbons (Fsp3) is 0.444. The fourth-order valence-electron chi connectivity index (χ4n) is 5.26. The Morgan fingerprint density at radius 3 is 2.61 bits per heavy atom. The number of imidazole rings is 1. The van der Waals surface area contributed by atoms with Crippen molar-refractivity contribution in [2.24, 2.45) is 0 Å². The van der Waals surface area contributed by atoms with Gasteiger partial charge in [0.05, 0.1) is 18.3 Å². The number of hydrogen-bond acceptors (Lipinski definition) is 11. The molecule has 1 aromatic carbocycles. The van der Waals surface area contributed by atoms with Crippen LogP contribution in [0.4, 0.5) is 16.1 Å². The molecule has 1 N–H and O–H groups in total. The average molecular weight is 610 g/mol. The van der Waals surface area contributed by atoms with Crippen molar-refractivity contribution in [3.05, 3.63) is 34.8 Å². The zero-order valence-electron chi connectivity index (χ0n) is 23.2. The number of carbonyl (C=O) groups excluding carboxylic acids is 1. The van der Waals surface area contributed by atoms with E-state index in [0.717, 1.165) is 58.5 Å². The Kier molecular flexibility index (Phi) is 7.70. The first kappa shape index (κ1) is 28.0. The number of aliphatic hydroxyl groups is 1. The summed E-state index contributed by atoms with van der Waals surface area (Å²) in [5.74, 6) is 0.929. The van der Waals surface area contributed by atoms with E-state index in [1.165, 1.54) is 11.3 Å². The van der Waals surface area contributed by atoms with Gasteiger partial charge >= 0.3 is 0 Å². The zero-order valence-corrected chi connectivity index (χ0v) is 26.0. The average Bonchev–Trinajstić information content (AvgIpc) is 3.65. The Bertz CT molecular complexity index is 1620. The molecule has 0 bridgehead atoms. The number of aromatic nitrogens is 4. The number of aliphatic hydroxyl groups excluding tert-OH is 1. The van der Waals surface area contributed by atoms with E-state index in [1.807, 2.05) is 40.7 Å². The Hall–Kier alpha value is -3.14. The van der Waals surface area contributed by atoms with Gasteiger partial charge in [-0.3, -0.25) is 9.69 Å². The second-order valence-electron chi connectivity index (χ2n) is 10.5. The quantitative estimate of drug-likeness (QED) is 0.315. The van der Waals surface area contributed by atoms with Crippen LogP contribution in [0.2, 0.25) is 0 Å². The molecule has 3 aromatic heterocycles. The van der Waals surface area contributed by atoms with Crippen molar-refractivity contribution < 1.29 is 9.90 Å². The van der Waals surface area contributed by atoms with Gasteiger partial charge in [0.25, 0.3) is 0 Å². The lowest BCUT2D eigenvalue weighted by Gasteiger charge is -2.42. The van der Waals surface area contributed by atoms with Crippen LogP contribution in [0, 0.1) is 11.3 Å². The van der Waals surface area contributed by atoms with E-state index in [9.17, 15) is 15.2 Å². The number of benzene rings is 1. The van der Waals surface area contributed by atoms with E-state index in [-0.39, 0.29) is 18.1 Å². The topological polar surface area (TPSA) is 117 Å². The van der Waals surface area contributed by atoms with Crippen LogP contribution in [0.1, 0.15) is 24.4 Å². The summed E-state index contributed by atoms with van der Waals surface area (Å²) in [5, 5.41) is 27.0. The molecule has 0 spiro atoms. The van der Waals surface area contributed by atoms with Gasteiger partial charge < -0.3 is 19.8 Å². The maximum Gasteiger partial charge on any atom is 0.236 e. The SMILES string of the molecule is CCc1nc2sc(N3CCN(CC(=O)N4CC(O)C4)[C@@H](C)C3)nn2c1N(C)c1nc(-c2ccc(P)cc2)c(C#N)s1. The Morgan fingerprint density at radius 2 is 1.95 bits per heavy atom. The molecule has 2 aliphatic rings. The minimum absolute atomic E-state index is 0.0781. The number of carbonyl (C=O) groups is 1. The van der Waals surface area contributed by atoms with E-state index in [0.29, 0.717) is 35.3 Å². The number of thiazole rings is 1. The van der Waals surface area contributed by atoms with Crippen LogP contribution in [0.3, 0.4) is 0 Å². The first-order chi connectivity index (χ1) is 19.7. The number of β-amino-alcohol motifs (C(OH)–C–C–N with tert-alkyl or cyclic N) is 1. The number of rotatable bonds is 7. The van der Waals surface area contributed by atoms with Gasteiger partial charge in [0, 0.05) is 51.4 Å². The molecule has 2 saturated heterocycles. The Balaban J connectivity index is 1.23. The highest BCUT2D eigenvalue weighted by molar-refractivity contribution is 7.27. The fourth-order valence-corrected chi connectivity index (χ4v) is 7.25. The first-order valence-electron chi connectivity index (χ1n) is 13.6. The molecule has 1 amide bonds. The molecule has 0 saturated carbocycles. The number of anilines is 3. The lowest BCUT2D eigenvalue weighted by atomic mass is 10.1. The highest BCUT2D eigenvalue weighted by Gasteiger charge is 2.33. The largest absolute Gasteiger partial charge is 0.389 e. The predicted molar refractivity (Wildman–Crippen MR) is 166 cm³/mol. The number of nitriles is 1. The van der Waals surface area contributed by atoms with E-state index in [4.69, 9.17) is 15.1 Å². The van der Waals surface area contributed by atoms with Crippen LogP contribution < -0.4 is 15.1 Å². The molecule has 0 aliphatic carbocycles. The third-order valence-electron chi connectivity index (χ3n) is 7.67. The van der Waals surface area contributed by atoms with Gasteiger partial charge in [-0.15, -0.1) is 14.3 Å². The van der Waals surface area contributed by atoms with Gasteiger partial charge in [-0.1, -0.05) is 53.9 Å². The van der Waals surface area contributed by atoms with E-state index in [2.05, 4.69) is 39.0 Å². The monoisotopic (exact) mass is 609 g/mol. The van der Waals surface area contributed by atoms with E-state index < -0.39 is 0 Å². The molecule has 0 radical (unpaired) electrons. The summed E-state index contributed by atoms with van der Waals surface area (Å²) in [5.41, 5.74) is 2.51. The van der Waals surface area contributed by atoms with Crippen molar-refractivity contribution in [1.82, 2.24) is 29.4 Å². The summed E-state index contributed by atoms with van der Waals surface area (Å²) in [4.78, 5) is 31.9. The standard InChI is InChI=1S/C27H32N9O2PS2/c1-4-20-24(32(3)25-30-23(21(11-28)40-25)17-5-7-19(39)8-6-17)36-26(29-20)41-27(31-36)34-10-9-33(16(2)12-34)15-22(38)35-13-18(37)14-35/h5-8,16,18,37H,4,9-10,12-15,39H2,1-3H3/t16-/m0/s1. The molecule has 6 rings (SSSR count). The molecular weight excluding hydrogens is 577 g/mol. The summed E-state index contributed by atoms with van der Waals surface area (Å²) in [6.45, 7) is 7.74. The van der Waals surface area contributed by atoms with Crippen LogP contribution in [-0.2, 0) is 11.2 Å². The van der Waals surface area contributed by atoms with Gasteiger partial charge in [-0.2, -0.15) is 9.78 Å². The molecule has 1 unspecified atom stereocenters. The molecule has 11 nitrogen and oxygen atoms in total. The number of hydrogen-bond donors (Lipinski definition) is 1. The second kappa shape index (κ2) is 11.3. The molecule has 2 fully saturated rings. The molecule has 4 aromatic rings. The first-order valence-corrected chi connectivity index (χ1v) is 15.8. The van der Waals surface area contributed by atoms with Crippen molar-refractivity contribution in [1.29, 1.82) is 5.26 Å². The molecule has 2 atom stereocenters. The van der Waals surface area contributed by atoms with Gasteiger partial charge in [-0.25, -0.2) is 9.97 Å². The smallest absolute Gasteiger partial charge is 0.236 e. The van der Waals surface area contributed by atoms with Crippen LogP contribution in [0.5, 0.6) is 0 Å². The van der Waals surface area contributed by atoms with Gasteiger partial charge in [-0.05, 0) is 18.6 Å². The van der Waals surface area contributed by atoms with Gasteiger partial charge in [0.1, 0.15) is 16.6 Å². The van der Waals surface area contributed by atoms with Gasteiger partial charge in [0.15, 0.2) is 10.9 Å². The molecular formula is C27H32N9O2PS2. The lowest BCUT2D eigenvalue weighted by Crippen LogP contribution is -2.59. The highest BCUT2D eigenvalue weighted by atomic mass is 32.1. The van der Waals surface area contributed by atoms with Crippen LogP contribution in [0.25, 0.3) is 16.2 Å². The van der Waals surface area contributed by atoms with Crippen molar-refractivity contribution in [2.75, 3.05) is 56.1 Å². The van der Waals surface area contributed by atoms with Crippen LogP contribution in [0.15, 0.2) is 24.3 Å². The van der Waals surface area contributed by atoms with Crippen LogP contribution >= 0.6 is 31.9 Å². The third-order valence-corrected chi connectivity index (χ3v) is 10.1. The molecule has 14 heteroatoms. The lowest BCUT2D eigenvalue weighted by molar-refractivity contribution is -0.143. The number of piperazine rings is 1. The summed E-state index contributed by atoms with van der Waals surface area (Å²) in [6.07, 6.45) is 0.356. The molecule has 41 heavy (non-hydrogen) atoms. The predicted octanol–water partition coefficient (Wildman–Crippen LogP) is 2.33. The minimum atomic E-state index is -0.382. The summed E-state index contributed by atoms with van der Waals surface area (Å²) >= 11 is 2.92. The van der Waals surface area contributed by atoms with Crippen molar-refractivity contribution in [2.45, 2.75) is 32.4 Å². The third kappa shape index (κ3) is 5.31. The summed E-state index contributed by atoms with van der Waals surface area (Å²) in [6, 6.07) is 10.4. The van der Waals surface area contributed by atoms with Crippen molar-refractivity contribution >= 4 is 64.2 Å². The second-order valence-corrected chi connectivity index (χ2v) is 13.1. The molecule has 214 valence electrons. The summed E-state index contributed by atoms with van der Waals surface area (Å²) < 4.78 is 1.89. The number of fused-ring (bicyclic) bond motifs is 1. The molecule has 5 heterocycles. The minimum Gasteiger partial charge on any atom is -0.389 e. The van der Waals surface area contributed by atoms with Gasteiger partial charge in [0.2, 0.25) is 16.0 Å². The Morgan fingerprint density at radius 1 is 1.20 bits per heavy atom. The maximum atomic E-state index is 12.5. The zero-order chi connectivity index (χ0) is 28.8. The maximum absolute atomic E-state index is 12.5. The summed E-state index contributed by atoms with van der Waals surface area (Å²) in [7, 11) is 4.63. The Labute approximate surface area is 248 Å². The van der Waals surface area contributed by atoms with E-state index in [1.54, 1.807) is 16.2 Å². The number of amides is 1. The van der Waals surface area contributed by atoms with Crippen LogP contribution in [-0.4, -0.2) is 98.9 Å². The normalized spacial score (nSPS) is 18.1. The molecule has 2 aliphatic heterocycles. The van der Waals surface area contributed by atoms with E-state index >= 15 is 0 Å². The van der Waals surface area contributed by atoms with Crippen molar-refractivity contribution in [3.63, 3.8) is 0 Å². The number of aryl methyl sites for hydroxylation is 1. The number of nitrogens with zero attached hydrogens (tertiary/aromatic N) is 9.